The van der Waals surface area contributed by atoms with E-state index in [4.69, 9.17) is 4.74 Å². The average Bonchev–Trinajstić information content (AvgIpc) is 2.89. The summed E-state index contributed by atoms with van der Waals surface area (Å²) in [5.74, 6) is 0.797. The van der Waals surface area contributed by atoms with Crippen LogP contribution in [0.25, 0.3) is 0 Å². The minimum Gasteiger partial charge on any atom is -0.495 e. The zero-order valence-electron chi connectivity index (χ0n) is 13.3. The molecule has 0 bridgehead atoms. The van der Waals surface area contributed by atoms with Gasteiger partial charge in [-0.15, -0.1) is 0 Å². The van der Waals surface area contributed by atoms with Gasteiger partial charge in [0.05, 0.1) is 24.5 Å². The Kier molecular flexibility index (Phi) is 5.33. The van der Waals surface area contributed by atoms with Crippen LogP contribution in [-0.2, 0) is 13.5 Å². The number of methoxy groups -OCH3 is 1. The summed E-state index contributed by atoms with van der Waals surface area (Å²) in [7, 11) is 3.66. The molecular weight excluding hydrogens is 264 g/mol. The molecule has 0 radical (unpaired) electrons. The van der Waals surface area contributed by atoms with Gasteiger partial charge in [-0.2, -0.15) is 5.10 Å². The van der Waals surface area contributed by atoms with Crippen LogP contribution in [-0.4, -0.2) is 28.4 Å². The quantitative estimate of drug-likeness (QED) is 0.850. The smallest absolute Gasteiger partial charge is 0.142 e. The average molecular weight is 288 g/mol. The van der Waals surface area contributed by atoms with E-state index in [0.29, 0.717) is 0 Å². The number of rotatable bonds is 7. The topological polar surface area (TPSA) is 52.0 Å². The maximum atomic E-state index is 5.47. The Hall–Kier alpha value is -1.88. The molecule has 0 aliphatic rings. The van der Waals surface area contributed by atoms with Crippen molar-refractivity contribution >= 4 is 0 Å². The maximum absolute atomic E-state index is 5.47. The molecule has 1 unspecified atom stereocenters. The Morgan fingerprint density at radius 3 is 2.81 bits per heavy atom. The van der Waals surface area contributed by atoms with Gasteiger partial charge in [0.1, 0.15) is 11.4 Å². The first kappa shape index (κ1) is 15.5. The standard InChI is InChI=1S/C16H24N4O/c1-5-9-17-15(13-11-12(6-2)19-20(13)3)16-14(21-4)8-7-10-18-16/h7-8,10-11,15,17H,5-6,9H2,1-4H3. The van der Waals surface area contributed by atoms with Crippen LogP contribution in [0.4, 0.5) is 0 Å². The van der Waals surface area contributed by atoms with E-state index >= 15 is 0 Å². The highest BCUT2D eigenvalue weighted by atomic mass is 16.5. The van der Waals surface area contributed by atoms with Crippen molar-refractivity contribution in [2.75, 3.05) is 13.7 Å². The molecule has 0 amide bonds. The number of pyridine rings is 1. The summed E-state index contributed by atoms with van der Waals surface area (Å²) in [6, 6.07) is 5.96. The van der Waals surface area contributed by atoms with Crippen LogP contribution in [0.2, 0.25) is 0 Å². The number of hydrogen-bond donors (Lipinski definition) is 1. The monoisotopic (exact) mass is 288 g/mol. The van der Waals surface area contributed by atoms with Gasteiger partial charge in [-0.05, 0) is 37.6 Å². The fourth-order valence-electron chi connectivity index (χ4n) is 2.41. The third kappa shape index (κ3) is 3.42. The van der Waals surface area contributed by atoms with Crippen molar-refractivity contribution in [2.45, 2.75) is 32.7 Å². The molecule has 5 nitrogen and oxygen atoms in total. The minimum atomic E-state index is -0.0149. The molecule has 21 heavy (non-hydrogen) atoms. The first-order valence-corrected chi connectivity index (χ1v) is 7.46. The van der Waals surface area contributed by atoms with Crippen LogP contribution in [0.3, 0.4) is 0 Å². The van der Waals surface area contributed by atoms with Gasteiger partial charge in [-0.25, -0.2) is 0 Å². The molecule has 0 aliphatic carbocycles. The lowest BCUT2D eigenvalue weighted by Gasteiger charge is -2.20. The number of nitrogens with zero attached hydrogens (tertiary/aromatic N) is 3. The third-order valence-corrected chi connectivity index (χ3v) is 3.52. The Morgan fingerprint density at radius 1 is 1.38 bits per heavy atom. The van der Waals surface area contributed by atoms with E-state index in [2.05, 4.69) is 35.3 Å². The second-order valence-corrected chi connectivity index (χ2v) is 5.02. The lowest BCUT2D eigenvalue weighted by atomic mass is 10.1. The molecule has 0 fully saturated rings. The van der Waals surface area contributed by atoms with Crippen LogP contribution in [0.1, 0.15) is 43.4 Å². The first-order valence-electron chi connectivity index (χ1n) is 7.46. The van der Waals surface area contributed by atoms with Crippen LogP contribution in [0, 0.1) is 0 Å². The Bertz CT molecular complexity index is 579. The first-order chi connectivity index (χ1) is 10.2. The SMILES string of the molecule is CCCNC(c1ncccc1OC)c1cc(CC)nn1C. The van der Waals surface area contributed by atoms with Crippen LogP contribution < -0.4 is 10.1 Å². The molecule has 5 heteroatoms. The fraction of sp³-hybridized carbons (Fsp3) is 0.500. The molecule has 1 atom stereocenters. The predicted octanol–water partition coefficient (Wildman–Crippen LogP) is 2.48. The second-order valence-electron chi connectivity index (χ2n) is 5.02. The van der Waals surface area contributed by atoms with Crippen molar-refractivity contribution in [3.63, 3.8) is 0 Å². The van der Waals surface area contributed by atoms with E-state index < -0.39 is 0 Å². The van der Waals surface area contributed by atoms with Crippen molar-refractivity contribution < 1.29 is 4.74 Å². The normalized spacial score (nSPS) is 12.4. The second kappa shape index (κ2) is 7.22. The number of hydrogen-bond acceptors (Lipinski definition) is 4. The van der Waals surface area contributed by atoms with Crippen LogP contribution in [0.15, 0.2) is 24.4 Å². The van der Waals surface area contributed by atoms with Crippen LogP contribution in [0.5, 0.6) is 5.75 Å². The molecular formula is C16H24N4O. The summed E-state index contributed by atoms with van der Waals surface area (Å²) in [4.78, 5) is 4.53. The van der Waals surface area contributed by atoms with Gasteiger partial charge in [-0.3, -0.25) is 9.67 Å². The molecule has 0 aromatic carbocycles. The van der Waals surface area contributed by atoms with E-state index in [1.165, 1.54) is 0 Å². The number of nitrogens with one attached hydrogen (secondary N) is 1. The maximum Gasteiger partial charge on any atom is 0.142 e. The summed E-state index contributed by atoms with van der Waals surface area (Å²) < 4.78 is 7.40. The van der Waals surface area contributed by atoms with Gasteiger partial charge in [-0.1, -0.05) is 13.8 Å². The highest BCUT2D eigenvalue weighted by Crippen LogP contribution is 2.28. The minimum absolute atomic E-state index is 0.0149. The molecule has 0 saturated carbocycles. The van der Waals surface area contributed by atoms with E-state index in [0.717, 1.165) is 42.2 Å². The summed E-state index contributed by atoms with van der Waals surface area (Å²) in [6.45, 7) is 5.18. The largest absolute Gasteiger partial charge is 0.495 e. The number of ether oxygens (including phenoxy) is 1. The summed E-state index contributed by atoms with van der Waals surface area (Å²) >= 11 is 0. The Labute approximate surface area is 126 Å². The molecule has 2 rings (SSSR count). The molecule has 0 spiro atoms. The van der Waals surface area contributed by atoms with Crippen molar-refractivity contribution in [3.8, 4) is 5.75 Å². The lowest BCUT2D eigenvalue weighted by Crippen LogP contribution is -2.26. The lowest BCUT2D eigenvalue weighted by molar-refractivity contribution is 0.397. The van der Waals surface area contributed by atoms with Crippen molar-refractivity contribution in [1.29, 1.82) is 0 Å². The summed E-state index contributed by atoms with van der Waals surface area (Å²) in [6.07, 6.45) is 3.79. The van der Waals surface area contributed by atoms with Crippen molar-refractivity contribution in [1.82, 2.24) is 20.1 Å². The molecule has 2 heterocycles. The predicted molar refractivity (Wildman–Crippen MR) is 83.5 cm³/mol. The summed E-state index contributed by atoms with van der Waals surface area (Å²) in [5.41, 5.74) is 3.10. The highest BCUT2D eigenvalue weighted by Gasteiger charge is 2.22. The Morgan fingerprint density at radius 2 is 2.19 bits per heavy atom. The fourth-order valence-corrected chi connectivity index (χ4v) is 2.41. The van der Waals surface area contributed by atoms with E-state index in [-0.39, 0.29) is 6.04 Å². The third-order valence-electron chi connectivity index (χ3n) is 3.52. The van der Waals surface area contributed by atoms with Gasteiger partial charge in [0.2, 0.25) is 0 Å². The molecule has 2 aromatic heterocycles. The van der Waals surface area contributed by atoms with Gasteiger partial charge >= 0.3 is 0 Å². The van der Waals surface area contributed by atoms with E-state index in [1.807, 2.05) is 23.9 Å². The van der Waals surface area contributed by atoms with Gasteiger partial charge < -0.3 is 10.1 Å². The van der Waals surface area contributed by atoms with E-state index in [9.17, 15) is 0 Å². The van der Waals surface area contributed by atoms with Gasteiger partial charge in [0.25, 0.3) is 0 Å². The van der Waals surface area contributed by atoms with Crippen molar-refractivity contribution in [3.05, 3.63) is 41.5 Å². The van der Waals surface area contributed by atoms with E-state index in [1.54, 1.807) is 13.3 Å². The number of aromatic nitrogens is 3. The zero-order chi connectivity index (χ0) is 15.2. The molecule has 114 valence electrons. The molecule has 0 saturated heterocycles. The Balaban J connectivity index is 2.44. The van der Waals surface area contributed by atoms with Gasteiger partial charge in [0.15, 0.2) is 0 Å². The van der Waals surface area contributed by atoms with Crippen LogP contribution >= 0.6 is 0 Å². The molecule has 1 N–H and O–H groups in total. The van der Waals surface area contributed by atoms with Gasteiger partial charge in [0, 0.05) is 13.2 Å². The number of aryl methyl sites for hydroxylation is 2. The molecule has 2 aromatic rings. The summed E-state index contributed by atoms with van der Waals surface area (Å²) in [5, 5.41) is 8.10. The molecule has 0 aliphatic heterocycles. The van der Waals surface area contributed by atoms with Crippen molar-refractivity contribution in [2.24, 2.45) is 7.05 Å². The highest BCUT2D eigenvalue weighted by molar-refractivity contribution is 5.35. The zero-order valence-corrected chi connectivity index (χ0v) is 13.3.